The molecule has 9 nitrogen and oxygen atoms in total. The van der Waals surface area contributed by atoms with Crippen molar-refractivity contribution >= 4 is 12.0 Å². The number of piperidine rings is 1. The fraction of sp³-hybridized carbons (Fsp3) is 0.450. The Balaban J connectivity index is 1.58. The Morgan fingerprint density at radius 2 is 2.07 bits per heavy atom. The molecule has 0 unspecified atom stereocenters. The zero-order valence-corrected chi connectivity index (χ0v) is 16.5. The summed E-state index contributed by atoms with van der Waals surface area (Å²) in [7, 11) is 0. The van der Waals surface area contributed by atoms with E-state index in [9.17, 15) is 9.59 Å². The maximum atomic E-state index is 12.4. The average Bonchev–Trinajstić information content (AvgIpc) is 2.73. The van der Waals surface area contributed by atoms with E-state index in [4.69, 9.17) is 11.5 Å². The third kappa shape index (κ3) is 5.86. The standard InChI is InChI=1S/C20H29N7O2/c21-8-2-10-27-9-1-3-16(13-27)24-20(29)26-19-23-12-17(18(28)25-19)15-6-4-14(11-22)5-7-15/h4-7,12,16H,1-3,8-11,13,21-22H2,(H3,23,24,25,26,28,29)/t16-/m1/s1. The van der Waals surface area contributed by atoms with Crippen molar-refractivity contribution in [1.29, 1.82) is 0 Å². The van der Waals surface area contributed by atoms with Crippen LogP contribution in [0.15, 0.2) is 35.3 Å². The van der Waals surface area contributed by atoms with Crippen molar-refractivity contribution in [2.24, 2.45) is 11.5 Å². The number of nitrogens with two attached hydrogens (primary N) is 2. The van der Waals surface area contributed by atoms with Gasteiger partial charge in [-0.3, -0.25) is 10.1 Å². The third-order valence-electron chi connectivity index (χ3n) is 5.05. The Kier molecular flexibility index (Phi) is 7.34. The number of H-pyrrole nitrogens is 1. The number of urea groups is 1. The van der Waals surface area contributed by atoms with Crippen molar-refractivity contribution in [1.82, 2.24) is 20.2 Å². The first-order chi connectivity index (χ1) is 14.1. The highest BCUT2D eigenvalue weighted by atomic mass is 16.2. The van der Waals surface area contributed by atoms with Crippen LogP contribution in [0.25, 0.3) is 11.1 Å². The zero-order chi connectivity index (χ0) is 20.6. The van der Waals surface area contributed by atoms with Gasteiger partial charge in [0, 0.05) is 25.3 Å². The molecule has 29 heavy (non-hydrogen) atoms. The van der Waals surface area contributed by atoms with Crippen LogP contribution in [0.1, 0.15) is 24.8 Å². The topological polar surface area (TPSA) is 142 Å². The number of hydrogen-bond donors (Lipinski definition) is 5. The Bertz CT molecular complexity index is 866. The number of carbonyl (C=O) groups excluding carboxylic acids is 1. The van der Waals surface area contributed by atoms with Gasteiger partial charge in [0.2, 0.25) is 5.95 Å². The number of aromatic amines is 1. The number of nitrogens with one attached hydrogen (secondary N) is 3. The van der Waals surface area contributed by atoms with Crippen LogP contribution >= 0.6 is 0 Å². The second-order valence-corrected chi connectivity index (χ2v) is 7.25. The number of carbonyl (C=O) groups is 1. The van der Waals surface area contributed by atoms with Gasteiger partial charge in [-0.1, -0.05) is 24.3 Å². The molecule has 1 aromatic carbocycles. The fourth-order valence-electron chi connectivity index (χ4n) is 3.51. The Hall–Kier alpha value is -2.75. The van der Waals surface area contributed by atoms with E-state index in [1.165, 1.54) is 0 Å². The predicted octanol–water partition coefficient (Wildman–Crippen LogP) is 0.830. The molecule has 1 fully saturated rings. The summed E-state index contributed by atoms with van der Waals surface area (Å²) in [6, 6.07) is 7.08. The highest BCUT2D eigenvalue weighted by Crippen LogP contribution is 2.16. The van der Waals surface area contributed by atoms with Crippen LogP contribution in [-0.4, -0.2) is 53.1 Å². The summed E-state index contributed by atoms with van der Waals surface area (Å²) < 4.78 is 0. The van der Waals surface area contributed by atoms with E-state index in [0.29, 0.717) is 18.7 Å². The minimum absolute atomic E-state index is 0.0635. The zero-order valence-electron chi connectivity index (χ0n) is 16.5. The molecule has 1 atom stereocenters. The molecule has 2 heterocycles. The molecule has 0 aliphatic carbocycles. The second-order valence-electron chi connectivity index (χ2n) is 7.25. The molecular weight excluding hydrogens is 370 g/mol. The maximum Gasteiger partial charge on any atom is 0.321 e. The SMILES string of the molecule is NCCCN1CCC[C@@H](NC(=O)Nc2nc(=O)c(-c3ccc(CN)cc3)c[nH]2)C1. The number of aromatic nitrogens is 2. The van der Waals surface area contributed by atoms with Crippen LogP contribution in [0, 0.1) is 0 Å². The predicted molar refractivity (Wildman–Crippen MR) is 113 cm³/mol. The summed E-state index contributed by atoms with van der Waals surface area (Å²) in [6.07, 6.45) is 4.46. The van der Waals surface area contributed by atoms with Gasteiger partial charge in [-0.05, 0) is 50.0 Å². The smallest absolute Gasteiger partial charge is 0.321 e. The third-order valence-corrected chi connectivity index (χ3v) is 5.05. The van der Waals surface area contributed by atoms with Crippen LogP contribution in [0.4, 0.5) is 10.7 Å². The summed E-state index contributed by atoms with van der Waals surface area (Å²) in [5.41, 5.74) is 12.9. The molecule has 156 valence electrons. The first-order valence-electron chi connectivity index (χ1n) is 9.98. The second kappa shape index (κ2) is 10.1. The minimum Gasteiger partial charge on any atom is -0.334 e. The Morgan fingerprint density at radius 1 is 1.28 bits per heavy atom. The normalized spacial score (nSPS) is 17.1. The van der Waals surface area contributed by atoms with Gasteiger partial charge in [-0.25, -0.2) is 4.79 Å². The van der Waals surface area contributed by atoms with Gasteiger partial charge in [0.05, 0.1) is 5.56 Å². The number of likely N-dealkylation sites (tertiary alicyclic amines) is 1. The summed E-state index contributed by atoms with van der Waals surface area (Å²) in [5, 5.41) is 5.57. The van der Waals surface area contributed by atoms with Crippen molar-refractivity contribution < 1.29 is 4.79 Å². The molecule has 1 saturated heterocycles. The lowest BCUT2D eigenvalue weighted by Crippen LogP contribution is -2.49. The van der Waals surface area contributed by atoms with Crippen molar-refractivity contribution in [3.05, 3.63) is 46.4 Å². The van der Waals surface area contributed by atoms with Crippen molar-refractivity contribution in [3.63, 3.8) is 0 Å². The number of nitrogens with zero attached hydrogens (tertiary/aromatic N) is 2. The van der Waals surface area contributed by atoms with Crippen LogP contribution in [0.5, 0.6) is 0 Å². The minimum atomic E-state index is -0.412. The number of rotatable bonds is 7. The number of benzene rings is 1. The van der Waals surface area contributed by atoms with Crippen LogP contribution < -0.4 is 27.7 Å². The molecule has 2 aromatic rings. The average molecular weight is 399 g/mol. The van der Waals surface area contributed by atoms with Gasteiger partial charge >= 0.3 is 6.03 Å². The Labute approximate surface area is 169 Å². The largest absolute Gasteiger partial charge is 0.334 e. The molecule has 0 bridgehead atoms. The molecule has 0 spiro atoms. The van der Waals surface area contributed by atoms with Gasteiger partial charge in [-0.15, -0.1) is 0 Å². The van der Waals surface area contributed by atoms with Crippen molar-refractivity contribution in [2.75, 3.05) is 31.5 Å². The van der Waals surface area contributed by atoms with E-state index in [-0.39, 0.29) is 18.0 Å². The molecule has 2 amide bonds. The molecule has 1 aromatic heterocycles. The van der Waals surface area contributed by atoms with Crippen molar-refractivity contribution in [3.8, 4) is 11.1 Å². The lowest BCUT2D eigenvalue weighted by atomic mass is 10.1. The van der Waals surface area contributed by atoms with Crippen molar-refractivity contribution in [2.45, 2.75) is 31.8 Å². The van der Waals surface area contributed by atoms with Gasteiger partial charge in [0.25, 0.3) is 5.56 Å². The molecule has 0 radical (unpaired) electrons. The lowest BCUT2D eigenvalue weighted by molar-refractivity contribution is 0.189. The molecule has 7 N–H and O–H groups in total. The Morgan fingerprint density at radius 3 is 2.76 bits per heavy atom. The van der Waals surface area contributed by atoms with E-state index in [1.54, 1.807) is 6.20 Å². The van der Waals surface area contributed by atoms with Gasteiger partial charge in [0.15, 0.2) is 0 Å². The quantitative estimate of drug-likeness (QED) is 0.467. The number of amides is 2. The highest BCUT2D eigenvalue weighted by Gasteiger charge is 2.21. The monoisotopic (exact) mass is 399 g/mol. The fourth-order valence-corrected chi connectivity index (χ4v) is 3.51. The molecule has 9 heteroatoms. The molecule has 3 rings (SSSR count). The van der Waals surface area contributed by atoms with Gasteiger partial charge in [0.1, 0.15) is 0 Å². The van der Waals surface area contributed by atoms with Crippen LogP contribution in [0.2, 0.25) is 0 Å². The van der Waals surface area contributed by atoms with Gasteiger partial charge in [-0.2, -0.15) is 4.98 Å². The van der Waals surface area contributed by atoms with Crippen LogP contribution in [-0.2, 0) is 6.54 Å². The summed E-state index contributed by atoms with van der Waals surface area (Å²) in [4.78, 5) is 33.8. The molecule has 1 aliphatic rings. The lowest BCUT2D eigenvalue weighted by Gasteiger charge is -2.32. The molecule has 0 saturated carbocycles. The van der Waals surface area contributed by atoms with E-state index in [0.717, 1.165) is 50.0 Å². The number of hydrogen-bond acceptors (Lipinski definition) is 6. The molecule has 1 aliphatic heterocycles. The van der Waals surface area contributed by atoms with E-state index in [1.807, 2.05) is 24.3 Å². The van der Waals surface area contributed by atoms with E-state index in [2.05, 4.69) is 25.5 Å². The summed E-state index contributed by atoms with van der Waals surface area (Å²) in [6.45, 7) is 3.89. The molecular formula is C20H29N7O2. The summed E-state index contributed by atoms with van der Waals surface area (Å²) >= 11 is 0. The number of anilines is 1. The first kappa shape index (κ1) is 21.0. The van der Waals surface area contributed by atoms with Crippen LogP contribution in [0.3, 0.4) is 0 Å². The summed E-state index contributed by atoms with van der Waals surface area (Å²) in [5.74, 6) is 0.116. The van der Waals surface area contributed by atoms with Gasteiger partial charge < -0.3 is 26.7 Å². The highest BCUT2D eigenvalue weighted by molar-refractivity contribution is 5.87. The maximum absolute atomic E-state index is 12.4. The van der Waals surface area contributed by atoms with E-state index < -0.39 is 5.56 Å². The first-order valence-corrected chi connectivity index (χ1v) is 9.98. The van der Waals surface area contributed by atoms with E-state index >= 15 is 0 Å².